The van der Waals surface area contributed by atoms with E-state index >= 15 is 0 Å². The van der Waals surface area contributed by atoms with Crippen LogP contribution in [-0.2, 0) is 0 Å². The van der Waals surface area contributed by atoms with Gasteiger partial charge in [0, 0.05) is 43.3 Å². The number of carbonyl (C=O) groups is 1. The van der Waals surface area contributed by atoms with Crippen molar-refractivity contribution in [1.82, 2.24) is 15.3 Å². The maximum Gasteiger partial charge on any atom is 0.319 e. The molecule has 1 aliphatic heterocycles. The molecule has 24 heavy (non-hydrogen) atoms. The number of aromatic nitrogens is 2. The lowest BCUT2D eigenvalue weighted by Crippen LogP contribution is -2.46. The third-order valence-electron chi connectivity index (χ3n) is 4.03. The molecule has 0 saturated carbocycles. The standard InChI is InChI=1S/C17H21N5O2/c1-24-15-4-2-3-14(11-15)21-17(23)20-13-5-9-22(10-6-13)16-12-18-7-8-19-16/h2-4,7-8,11-13H,5-6,9-10H2,1H3,(H2,20,21,23). The van der Waals surface area contributed by atoms with E-state index in [1.165, 1.54) is 0 Å². The third kappa shape index (κ3) is 4.13. The number of hydrogen-bond acceptors (Lipinski definition) is 5. The number of hydrogen-bond donors (Lipinski definition) is 2. The number of nitrogens with zero attached hydrogens (tertiary/aromatic N) is 3. The van der Waals surface area contributed by atoms with Crippen LogP contribution < -0.4 is 20.3 Å². The minimum Gasteiger partial charge on any atom is -0.497 e. The largest absolute Gasteiger partial charge is 0.497 e. The van der Waals surface area contributed by atoms with Gasteiger partial charge in [0.25, 0.3) is 0 Å². The fourth-order valence-corrected chi connectivity index (χ4v) is 2.76. The molecule has 7 heteroatoms. The van der Waals surface area contributed by atoms with Crippen LogP contribution in [0.4, 0.5) is 16.3 Å². The average molecular weight is 327 g/mol. The maximum atomic E-state index is 12.1. The molecule has 2 aromatic rings. The number of methoxy groups -OCH3 is 1. The summed E-state index contributed by atoms with van der Waals surface area (Å²) in [4.78, 5) is 22.7. The number of amides is 2. The fraction of sp³-hybridized carbons (Fsp3) is 0.353. The molecule has 2 amide bonds. The van der Waals surface area contributed by atoms with Crippen molar-refractivity contribution in [1.29, 1.82) is 0 Å². The van der Waals surface area contributed by atoms with Crippen molar-refractivity contribution in [3.05, 3.63) is 42.9 Å². The van der Waals surface area contributed by atoms with Gasteiger partial charge in [-0.3, -0.25) is 4.98 Å². The molecule has 1 saturated heterocycles. The second-order valence-corrected chi connectivity index (χ2v) is 5.66. The van der Waals surface area contributed by atoms with Crippen LogP contribution in [0.25, 0.3) is 0 Å². The number of rotatable bonds is 4. The lowest BCUT2D eigenvalue weighted by Gasteiger charge is -2.32. The van der Waals surface area contributed by atoms with Crippen molar-refractivity contribution in [2.24, 2.45) is 0 Å². The molecule has 0 atom stereocenters. The van der Waals surface area contributed by atoms with Crippen molar-refractivity contribution in [2.45, 2.75) is 18.9 Å². The van der Waals surface area contributed by atoms with Gasteiger partial charge in [-0.05, 0) is 25.0 Å². The van der Waals surface area contributed by atoms with Crippen molar-refractivity contribution in [2.75, 3.05) is 30.4 Å². The molecule has 1 aliphatic rings. The molecule has 0 radical (unpaired) electrons. The second-order valence-electron chi connectivity index (χ2n) is 5.66. The molecule has 1 aromatic heterocycles. The number of nitrogens with one attached hydrogen (secondary N) is 2. The molecule has 1 fully saturated rings. The molecular formula is C17H21N5O2. The van der Waals surface area contributed by atoms with Crippen LogP contribution in [0.2, 0.25) is 0 Å². The van der Waals surface area contributed by atoms with Gasteiger partial charge in [-0.2, -0.15) is 0 Å². The van der Waals surface area contributed by atoms with E-state index < -0.39 is 0 Å². The number of carbonyl (C=O) groups excluding carboxylic acids is 1. The molecule has 7 nitrogen and oxygen atoms in total. The molecular weight excluding hydrogens is 306 g/mol. The Bertz CT molecular complexity index is 672. The maximum absolute atomic E-state index is 12.1. The zero-order valence-electron chi connectivity index (χ0n) is 13.6. The summed E-state index contributed by atoms with van der Waals surface area (Å²) in [6, 6.07) is 7.26. The van der Waals surface area contributed by atoms with Gasteiger partial charge in [0.15, 0.2) is 0 Å². The van der Waals surface area contributed by atoms with Crippen molar-refractivity contribution in [3.8, 4) is 5.75 Å². The summed E-state index contributed by atoms with van der Waals surface area (Å²) >= 11 is 0. The van der Waals surface area contributed by atoms with Crippen molar-refractivity contribution in [3.63, 3.8) is 0 Å². The van der Waals surface area contributed by atoms with Crippen LogP contribution >= 0.6 is 0 Å². The minimum absolute atomic E-state index is 0.156. The first kappa shape index (κ1) is 16.0. The Kier molecular flexibility index (Phi) is 5.10. The summed E-state index contributed by atoms with van der Waals surface area (Å²) in [7, 11) is 1.60. The Labute approximate surface area is 141 Å². The lowest BCUT2D eigenvalue weighted by atomic mass is 10.1. The average Bonchev–Trinajstić information content (AvgIpc) is 2.63. The Hall–Kier alpha value is -2.83. The zero-order valence-corrected chi connectivity index (χ0v) is 13.6. The first-order valence-corrected chi connectivity index (χ1v) is 7.97. The molecule has 0 aliphatic carbocycles. The smallest absolute Gasteiger partial charge is 0.319 e. The Balaban J connectivity index is 1.48. The van der Waals surface area contributed by atoms with Gasteiger partial charge in [-0.15, -0.1) is 0 Å². The molecule has 0 unspecified atom stereocenters. The molecule has 2 N–H and O–H groups in total. The predicted octanol–water partition coefficient (Wildman–Crippen LogP) is 2.28. The summed E-state index contributed by atoms with van der Waals surface area (Å²) in [5.74, 6) is 1.60. The first-order chi connectivity index (χ1) is 11.7. The van der Waals surface area contributed by atoms with Gasteiger partial charge in [0.2, 0.25) is 0 Å². The number of benzene rings is 1. The quantitative estimate of drug-likeness (QED) is 0.900. The molecule has 0 bridgehead atoms. The highest BCUT2D eigenvalue weighted by molar-refractivity contribution is 5.89. The van der Waals surface area contributed by atoms with E-state index in [1.807, 2.05) is 18.2 Å². The summed E-state index contributed by atoms with van der Waals surface area (Å²) < 4.78 is 5.15. The van der Waals surface area contributed by atoms with Gasteiger partial charge in [-0.1, -0.05) is 6.07 Å². The Morgan fingerprint density at radius 3 is 2.83 bits per heavy atom. The highest BCUT2D eigenvalue weighted by Gasteiger charge is 2.21. The van der Waals surface area contributed by atoms with Gasteiger partial charge < -0.3 is 20.3 Å². The van der Waals surface area contributed by atoms with Gasteiger partial charge in [0.05, 0.1) is 13.3 Å². The van der Waals surface area contributed by atoms with Crippen molar-refractivity contribution >= 4 is 17.5 Å². The second kappa shape index (κ2) is 7.63. The highest BCUT2D eigenvalue weighted by atomic mass is 16.5. The predicted molar refractivity (Wildman–Crippen MR) is 92.4 cm³/mol. The SMILES string of the molecule is COc1cccc(NC(=O)NC2CCN(c3cnccn3)CC2)c1. The van der Waals surface area contributed by atoms with E-state index in [-0.39, 0.29) is 12.1 Å². The van der Waals surface area contributed by atoms with Gasteiger partial charge in [-0.25, -0.2) is 9.78 Å². The van der Waals surface area contributed by atoms with E-state index in [9.17, 15) is 4.79 Å². The number of piperidine rings is 1. The monoisotopic (exact) mass is 327 g/mol. The normalized spacial score (nSPS) is 15.0. The van der Waals surface area contributed by atoms with E-state index in [1.54, 1.807) is 31.8 Å². The molecule has 2 heterocycles. The van der Waals surface area contributed by atoms with E-state index in [0.29, 0.717) is 11.4 Å². The molecule has 3 rings (SSSR count). The lowest BCUT2D eigenvalue weighted by molar-refractivity contribution is 0.246. The van der Waals surface area contributed by atoms with Crippen LogP contribution in [0.1, 0.15) is 12.8 Å². The number of urea groups is 1. The zero-order chi connectivity index (χ0) is 16.8. The first-order valence-electron chi connectivity index (χ1n) is 7.97. The molecule has 1 aromatic carbocycles. The Morgan fingerprint density at radius 2 is 2.12 bits per heavy atom. The van der Waals surface area contributed by atoms with Crippen LogP contribution in [0.5, 0.6) is 5.75 Å². The van der Waals surface area contributed by atoms with Crippen LogP contribution in [-0.4, -0.2) is 42.2 Å². The fourth-order valence-electron chi connectivity index (χ4n) is 2.76. The molecule has 0 spiro atoms. The summed E-state index contributed by atoms with van der Waals surface area (Å²) in [5.41, 5.74) is 0.712. The summed E-state index contributed by atoms with van der Waals surface area (Å²) in [6.07, 6.45) is 6.88. The number of ether oxygens (including phenoxy) is 1. The summed E-state index contributed by atoms with van der Waals surface area (Å²) in [6.45, 7) is 1.70. The van der Waals surface area contributed by atoms with Crippen LogP contribution in [0, 0.1) is 0 Å². The highest BCUT2D eigenvalue weighted by Crippen LogP contribution is 2.18. The van der Waals surface area contributed by atoms with Crippen LogP contribution in [0.15, 0.2) is 42.9 Å². The van der Waals surface area contributed by atoms with E-state index in [4.69, 9.17) is 4.74 Å². The third-order valence-corrected chi connectivity index (χ3v) is 4.03. The van der Waals surface area contributed by atoms with Gasteiger partial charge in [0.1, 0.15) is 11.6 Å². The van der Waals surface area contributed by atoms with E-state index in [2.05, 4.69) is 25.5 Å². The van der Waals surface area contributed by atoms with E-state index in [0.717, 1.165) is 31.7 Å². The van der Waals surface area contributed by atoms with Crippen LogP contribution in [0.3, 0.4) is 0 Å². The Morgan fingerprint density at radius 1 is 1.29 bits per heavy atom. The topological polar surface area (TPSA) is 79.4 Å². The van der Waals surface area contributed by atoms with Crippen molar-refractivity contribution < 1.29 is 9.53 Å². The minimum atomic E-state index is -0.193. The molecule has 126 valence electrons. The number of anilines is 2. The summed E-state index contributed by atoms with van der Waals surface area (Å²) in [5, 5.41) is 5.86. The van der Waals surface area contributed by atoms with Gasteiger partial charge >= 0.3 is 6.03 Å².